The van der Waals surface area contributed by atoms with Gasteiger partial charge < -0.3 is 0 Å². The van der Waals surface area contributed by atoms with Gasteiger partial charge in [-0.1, -0.05) is 26.7 Å². The van der Waals surface area contributed by atoms with Crippen molar-refractivity contribution in [2.45, 2.75) is 58.4 Å². The van der Waals surface area contributed by atoms with Gasteiger partial charge in [0.2, 0.25) is 0 Å². The molecule has 1 rings (SSSR count). The molecule has 15 heavy (non-hydrogen) atoms. The SMILES string of the molecule is CC(C)CC(C)(C#N)N1CCCCCC1. The Morgan fingerprint density at radius 2 is 1.73 bits per heavy atom. The van der Waals surface area contributed by atoms with Gasteiger partial charge in [-0.05, 0) is 45.2 Å². The largest absolute Gasteiger partial charge is 0.286 e. The van der Waals surface area contributed by atoms with Crippen LogP contribution < -0.4 is 0 Å². The molecule has 2 heteroatoms. The van der Waals surface area contributed by atoms with Gasteiger partial charge in [0.15, 0.2) is 0 Å². The molecular weight excluding hydrogens is 184 g/mol. The van der Waals surface area contributed by atoms with Crippen LogP contribution in [0.4, 0.5) is 0 Å². The summed E-state index contributed by atoms with van der Waals surface area (Å²) < 4.78 is 0. The minimum Gasteiger partial charge on any atom is -0.286 e. The number of likely N-dealkylation sites (tertiary alicyclic amines) is 1. The van der Waals surface area contributed by atoms with Crippen LogP contribution in [0.15, 0.2) is 0 Å². The van der Waals surface area contributed by atoms with Crippen molar-refractivity contribution in [3.8, 4) is 6.07 Å². The van der Waals surface area contributed by atoms with Crippen molar-refractivity contribution in [3.63, 3.8) is 0 Å². The lowest BCUT2D eigenvalue weighted by atomic mass is 9.90. The summed E-state index contributed by atoms with van der Waals surface area (Å²) in [6.07, 6.45) is 6.17. The summed E-state index contributed by atoms with van der Waals surface area (Å²) in [6, 6.07) is 2.53. The van der Waals surface area contributed by atoms with Crippen molar-refractivity contribution in [2.24, 2.45) is 5.92 Å². The zero-order valence-corrected chi connectivity index (χ0v) is 10.4. The first-order valence-corrected chi connectivity index (χ1v) is 6.25. The van der Waals surface area contributed by atoms with E-state index in [2.05, 4.69) is 31.7 Å². The van der Waals surface area contributed by atoms with E-state index in [4.69, 9.17) is 0 Å². The highest BCUT2D eigenvalue weighted by atomic mass is 15.2. The summed E-state index contributed by atoms with van der Waals surface area (Å²) in [5, 5.41) is 9.39. The number of hydrogen-bond donors (Lipinski definition) is 0. The van der Waals surface area contributed by atoms with Crippen LogP contribution in [-0.2, 0) is 0 Å². The lowest BCUT2D eigenvalue weighted by Gasteiger charge is -2.36. The summed E-state index contributed by atoms with van der Waals surface area (Å²) in [5.41, 5.74) is -0.238. The van der Waals surface area contributed by atoms with E-state index >= 15 is 0 Å². The Hall–Kier alpha value is -0.550. The van der Waals surface area contributed by atoms with Gasteiger partial charge in [0, 0.05) is 0 Å². The number of hydrogen-bond acceptors (Lipinski definition) is 2. The lowest BCUT2D eigenvalue weighted by molar-refractivity contribution is 0.135. The molecule has 0 saturated carbocycles. The standard InChI is InChI=1S/C13H24N2/c1-12(2)10-13(3,11-14)15-8-6-4-5-7-9-15/h12H,4-10H2,1-3H3. The van der Waals surface area contributed by atoms with Gasteiger partial charge in [0.25, 0.3) is 0 Å². The van der Waals surface area contributed by atoms with E-state index < -0.39 is 0 Å². The molecule has 0 aromatic rings. The molecule has 0 aromatic carbocycles. The van der Waals surface area contributed by atoms with Crippen molar-refractivity contribution < 1.29 is 0 Å². The molecule has 1 fully saturated rings. The normalized spacial score (nSPS) is 23.1. The molecule has 86 valence electrons. The van der Waals surface area contributed by atoms with Crippen LogP contribution in [0.3, 0.4) is 0 Å². The first kappa shape index (κ1) is 12.5. The predicted molar refractivity (Wildman–Crippen MR) is 63.5 cm³/mol. The first-order valence-electron chi connectivity index (χ1n) is 6.25. The highest BCUT2D eigenvalue weighted by Crippen LogP contribution is 2.26. The van der Waals surface area contributed by atoms with E-state index in [1.807, 2.05) is 0 Å². The van der Waals surface area contributed by atoms with Crippen molar-refractivity contribution in [3.05, 3.63) is 0 Å². The maximum Gasteiger partial charge on any atom is 0.106 e. The molecule has 1 aliphatic heterocycles. The molecule has 1 unspecified atom stereocenters. The molecule has 2 nitrogen and oxygen atoms in total. The van der Waals surface area contributed by atoms with Crippen molar-refractivity contribution in [2.75, 3.05) is 13.1 Å². The average Bonchev–Trinajstić information content (AvgIpc) is 2.44. The minimum atomic E-state index is -0.238. The quantitative estimate of drug-likeness (QED) is 0.712. The summed E-state index contributed by atoms with van der Waals surface area (Å²) in [6.45, 7) is 8.73. The van der Waals surface area contributed by atoms with Crippen LogP contribution >= 0.6 is 0 Å². The second kappa shape index (κ2) is 5.51. The summed E-state index contributed by atoms with van der Waals surface area (Å²) in [5.74, 6) is 0.595. The molecule has 1 saturated heterocycles. The van der Waals surface area contributed by atoms with Crippen molar-refractivity contribution in [1.29, 1.82) is 5.26 Å². The van der Waals surface area contributed by atoms with Gasteiger partial charge in [0.05, 0.1) is 6.07 Å². The second-order valence-corrected chi connectivity index (χ2v) is 5.38. The third-order valence-electron chi connectivity index (χ3n) is 3.35. The molecule has 0 aromatic heterocycles. The van der Waals surface area contributed by atoms with Gasteiger partial charge in [-0.25, -0.2) is 0 Å². The zero-order chi connectivity index (χ0) is 11.3. The molecule has 0 radical (unpaired) electrons. The van der Waals surface area contributed by atoms with E-state index in [1.54, 1.807) is 0 Å². The van der Waals surface area contributed by atoms with Crippen molar-refractivity contribution in [1.82, 2.24) is 4.90 Å². The second-order valence-electron chi connectivity index (χ2n) is 5.38. The summed E-state index contributed by atoms with van der Waals surface area (Å²) >= 11 is 0. The maximum atomic E-state index is 9.39. The smallest absolute Gasteiger partial charge is 0.106 e. The summed E-state index contributed by atoms with van der Waals surface area (Å²) in [7, 11) is 0. The van der Waals surface area contributed by atoms with E-state index in [0.29, 0.717) is 5.92 Å². The van der Waals surface area contributed by atoms with Gasteiger partial charge >= 0.3 is 0 Å². The Kier molecular flexibility index (Phi) is 4.60. The molecule has 1 atom stereocenters. The van der Waals surface area contributed by atoms with Crippen LogP contribution in [0.25, 0.3) is 0 Å². The predicted octanol–water partition coefficient (Wildman–Crippen LogP) is 3.19. The maximum absolute atomic E-state index is 9.39. The highest BCUT2D eigenvalue weighted by Gasteiger charge is 2.32. The Morgan fingerprint density at radius 3 is 2.13 bits per heavy atom. The van der Waals surface area contributed by atoms with Gasteiger partial charge in [-0.3, -0.25) is 4.90 Å². The molecule has 0 amide bonds. The zero-order valence-electron chi connectivity index (χ0n) is 10.4. The van der Waals surface area contributed by atoms with Crippen molar-refractivity contribution >= 4 is 0 Å². The van der Waals surface area contributed by atoms with Crippen LogP contribution in [0, 0.1) is 17.2 Å². The Morgan fingerprint density at radius 1 is 1.20 bits per heavy atom. The van der Waals surface area contributed by atoms with Crippen LogP contribution in [0.1, 0.15) is 52.9 Å². The van der Waals surface area contributed by atoms with Gasteiger partial charge in [-0.2, -0.15) is 5.26 Å². The first-order chi connectivity index (χ1) is 7.08. The topological polar surface area (TPSA) is 27.0 Å². The summed E-state index contributed by atoms with van der Waals surface area (Å²) in [4.78, 5) is 2.40. The highest BCUT2D eigenvalue weighted by molar-refractivity contribution is 5.05. The van der Waals surface area contributed by atoms with E-state index in [9.17, 15) is 5.26 Å². The van der Waals surface area contributed by atoms with E-state index in [1.165, 1.54) is 25.7 Å². The molecule has 1 heterocycles. The van der Waals surface area contributed by atoms with E-state index in [0.717, 1.165) is 19.5 Å². The Balaban J connectivity index is 2.66. The molecule has 0 N–H and O–H groups in total. The third-order valence-corrected chi connectivity index (χ3v) is 3.35. The van der Waals surface area contributed by atoms with Crippen LogP contribution in [0.2, 0.25) is 0 Å². The van der Waals surface area contributed by atoms with Gasteiger partial charge in [-0.15, -0.1) is 0 Å². The van der Waals surface area contributed by atoms with Gasteiger partial charge in [0.1, 0.15) is 5.54 Å². The minimum absolute atomic E-state index is 0.238. The molecule has 0 aliphatic carbocycles. The monoisotopic (exact) mass is 208 g/mol. The van der Waals surface area contributed by atoms with Crippen LogP contribution in [0.5, 0.6) is 0 Å². The van der Waals surface area contributed by atoms with E-state index in [-0.39, 0.29) is 5.54 Å². The fourth-order valence-corrected chi connectivity index (χ4v) is 2.60. The molecule has 1 aliphatic rings. The lowest BCUT2D eigenvalue weighted by Crippen LogP contribution is -2.46. The number of nitriles is 1. The molecule has 0 spiro atoms. The fraction of sp³-hybridized carbons (Fsp3) is 0.923. The van der Waals surface area contributed by atoms with Crippen LogP contribution in [-0.4, -0.2) is 23.5 Å². The molecule has 0 bridgehead atoms. The number of nitrogens with zero attached hydrogens (tertiary/aromatic N) is 2. The average molecular weight is 208 g/mol. The third kappa shape index (κ3) is 3.50. The molecular formula is C13H24N2. The number of rotatable bonds is 3. The Labute approximate surface area is 94.3 Å². The fourth-order valence-electron chi connectivity index (χ4n) is 2.60. The Bertz CT molecular complexity index is 221.